The highest BCUT2D eigenvalue weighted by Crippen LogP contribution is 2.02. The number of nitrogens with two attached hydrogens (primary N) is 1. The quantitative estimate of drug-likeness (QED) is 0.575. The fourth-order valence-corrected chi connectivity index (χ4v) is 2.74. The number of hydrogen-bond acceptors (Lipinski definition) is 5. The van der Waals surface area contributed by atoms with Crippen molar-refractivity contribution in [2.24, 2.45) is 5.73 Å². The Kier molecular flexibility index (Phi) is 5.34. The van der Waals surface area contributed by atoms with Crippen molar-refractivity contribution in [1.82, 2.24) is 0 Å². The van der Waals surface area contributed by atoms with Gasteiger partial charge in [0.05, 0.1) is 5.75 Å². The van der Waals surface area contributed by atoms with Crippen LogP contribution in [0.1, 0.15) is 0 Å². The van der Waals surface area contributed by atoms with Crippen LogP contribution >= 0.6 is 11.8 Å². The molecule has 5 nitrogen and oxygen atoms in total. The first-order valence-electron chi connectivity index (χ1n) is 3.57. The topological polar surface area (TPSA) is 97.5 Å². The molecular weight excluding hydrogens is 214 g/mol. The van der Waals surface area contributed by atoms with Crippen LogP contribution in [-0.2, 0) is 14.6 Å². The monoisotopic (exact) mass is 227 g/mol. The number of hydrogen-bond donors (Lipinski definition) is 2. The zero-order chi connectivity index (χ0) is 10.5. The van der Waals surface area contributed by atoms with Crippen molar-refractivity contribution < 1.29 is 18.3 Å². The smallest absolute Gasteiger partial charge is 0.321 e. The summed E-state index contributed by atoms with van der Waals surface area (Å²) in [5.41, 5.74) is 5.20. The molecule has 13 heavy (non-hydrogen) atoms. The second-order valence-corrected chi connectivity index (χ2v) is 6.06. The van der Waals surface area contributed by atoms with Crippen LogP contribution < -0.4 is 5.73 Å². The lowest BCUT2D eigenvalue weighted by Gasteiger charge is -2.04. The van der Waals surface area contributed by atoms with Gasteiger partial charge in [0.2, 0.25) is 0 Å². The van der Waals surface area contributed by atoms with Crippen molar-refractivity contribution in [3.05, 3.63) is 0 Å². The van der Waals surface area contributed by atoms with Crippen molar-refractivity contribution in [3.8, 4) is 0 Å². The van der Waals surface area contributed by atoms with E-state index in [4.69, 9.17) is 10.8 Å². The van der Waals surface area contributed by atoms with Gasteiger partial charge in [-0.15, -0.1) is 0 Å². The Morgan fingerprint density at radius 2 is 2.15 bits per heavy atom. The molecule has 0 aromatic rings. The number of aliphatic carboxylic acids is 1. The van der Waals surface area contributed by atoms with Crippen LogP contribution in [0.15, 0.2) is 0 Å². The van der Waals surface area contributed by atoms with Crippen molar-refractivity contribution in [1.29, 1.82) is 0 Å². The van der Waals surface area contributed by atoms with E-state index in [1.54, 1.807) is 0 Å². The Morgan fingerprint density at radius 1 is 1.62 bits per heavy atom. The summed E-state index contributed by atoms with van der Waals surface area (Å²) >= 11 is 1.23. The molecule has 78 valence electrons. The van der Waals surface area contributed by atoms with Crippen LogP contribution in [0.25, 0.3) is 0 Å². The van der Waals surface area contributed by atoms with Gasteiger partial charge in [-0.1, -0.05) is 0 Å². The first-order valence-corrected chi connectivity index (χ1v) is 6.78. The van der Waals surface area contributed by atoms with E-state index in [1.807, 2.05) is 0 Å². The third-order valence-electron chi connectivity index (χ3n) is 1.21. The number of sulfone groups is 1. The fraction of sp³-hybridized carbons (Fsp3) is 0.833. The second-order valence-electron chi connectivity index (χ2n) is 2.65. The van der Waals surface area contributed by atoms with Gasteiger partial charge >= 0.3 is 5.97 Å². The molecule has 0 heterocycles. The third kappa shape index (κ3) is 8.07. The van der Waals surface area contributed by atoms with E-state index in [2.05, 4.69) is 0 Å². The van der Waals surface area contributed by atoms with Gasteiger partial charge in [-0.3, -0.25) is 4.79 Å². The minimum Gasteiger partial charge on any atom is -0.480 e. The molecule has 1 atom stereocenters. The predicted molar refractivity (Wildman–Crippen MR) is 52.6 cm³/mol. The zero-order valence-corrected chi connectivity index (χ0v) is 8.90. The van der Waals surface area contributed by atoms with Crippen LogP contribution in [0.2, 0.25) is 0 Å². The molecule has 3 N–H and O–H groups in total. The van der Waals surface area contributed by atoms with E-state index >= 15 is 0 Å². The molecule has 0 spiro atoms. The molecule has 0 amide bonds. The Morgan fingerprint density at radius 3 is 2.54 bits per heavy atom. The molecule has 0 aliphatic rings. The summed E-state index contributed by atoms with van der Waals surface area (Å²) in [5.74, 6) is -0.374. The molecule has 0 bridgehead atoms. The Balaban J connectivity index is 3.53. The van der Waals surface area contributed by atoms with Gasteiger partial charge in [0.15, 0.2) is 0 Å². The SMILES string of the molecule is CS(=O)(=O)CCSC[C@H](N)C(=O)O. The van der Waals surface area contributed by atoms with Crippen LogP contribution in [-0.4, -0.2) is 49.0 Å². The molecule has 0 fully saturated rings. The molecule has 0 aliphatic carbocycles. The van der Waals surface area contributed by atoms with E-state index in [-0.39, 0.29) is 11.5 Å². The lowest BCUT2D eigenvalue weighted by Crippen LogP contribution is -2.32. The van der Waals surface area contributed by atoms with E-state index in [1.165, 1.54) is 11.8 Å². The summed E-state index contributed by atoms with van der Waals surface area (Å²) in [6.07, 6.45) is 1.14. The van der Waals surface area contributed by atoms with E-state index in [0.717, 1.165) is 6.26 Å². The molecule has 0 saturated carbocycles. The summed E-state index contributed by atoms with van der Waals surface area (Å²) in [7, 11) is -2.95. The normalized spacial score (nSPS) is 14.0. The Hall–Kier alpha value is -0.270. The third-order valence-corrected chi connectivity index (χ3v) is 3.50. The number of carboxylic acid groups (broad SMARTS) is 1. The van der Waals surface area contributed by atoms with Gasteiger partial charge < -0.3 is 10.8 Å². The average Bonchev–Trinajstić information content (AvgIpc) is 1.95. The maximum absolute atomic E-state index is 10.6. The number of rotatable bonds is 6. The standard InChI is InChI=1S/C6H13NO4S2/c1-13(10,11)3-2-12-4-5(7)6(8)9/h5H,2-4,7H2,1H3,(H,8,9)/t5-/m0/s1. The van der Waals surface area contributed by atoms with E-state index in [9.17, 15) is 13.2 Å². The highest BCUT2D eigenvalue weighted by Gasteiger charge is 2.11. The van der Waals surface area contributed by atoms with Gasteiger partial charge in [-0.2, -0.15) is 11.8 Å². The van der Waals surface area contributed by atoms with Crippen LogP contribution in [0.5, 0.6) is 0 Å². The van der Waals surface area contributed by atoms with Crippen LogP contribution in [0, 0.1) is 0 Å². The first kappa shape index (κ1) is 12.7. The lowest BCUT2D eigenvalue weighted by atomic mass is 10.4. The molecular formula is C6H13NO4S2. The van der Waals surface area contributed by atoms with Crippen molar-refractivity contribution in [2.75, 3.05) is 23.5 Å². The van der Waals surface area contributed by atoms with Crippen LogP contribution in [0.3, 0.4) is 0 Å². The van der Waals surface area contributed by atoms with Gasteiger partial charge in [-0.05, 0) is 0 Å². The molecule has 0 aromatic carbocycles. The highest BCUT2D eigenvalue weighted by atomic mass is 32.2. The van der Waals surface area contributed by atoms with E-state index in [0.29, 0.717) is 5.75 Å². The number of carboxylic acids is 1. The molecule has 0 aromatic heterocycles. The average molecular weight is 227 g/mol. The van der Waals surface area contributed by atoms with Gasteiger partial charge in [0.25, 0.3) is 0 Å². The summed E-state index contributed by atoms with van der Waals surface area (Å²) in [5, 5.41) is 8.38. The molecule has 0 aliphatic heterocycles. The lowest BCUT2D eigenvalue weighted by molar-refractivity contribution is -0.137. The van der Waals surface area contributed by atoms with Gasteiger partial charge in [0, 0.05) is 17.8 Å². The molecule has 0 rings (SSSR count). The van der Waals surface area contributed by atoms with Crippen molar-refractivity contribution in [2.45, 2.75) is 6.04 Å². The maximum atomic E-state index is 10.6. The van der Waals surface area contributed by atoms with E-state index < -0.39 is 21.8 Å². The van der Waals surface area contributed by atoms with Crippen molar-refractivity contribution >= 4 is 27.6 Å². The second kappa shape index (κ2) is 5.46. The van der Waals surface area contributed by atoms with Gasteiger partial charge in [-0.25, -0.2) is 8.42 Å². The number of thioether (sulfide) groups is 1. The first-order chi connectivity index (χ1) is 5.83. The largest absolute Gasteiger partial charge is 0.480 e. The Bertz CT molecular complexity index is 262. The Labute approximate surface area is 81.6 Å². The fourth-order valence-electron chi connectivity index (χ4n) is 0.492. The summed E-state index contributed by atoms with van der Waals surface area (Å²) in [6, 6.07) is -0.912. The minimum absolute atomic E-state index is 0.0595. The predicted octanol–water partition coefficient (Wildman–Crippen LogP) is -0.824. The summed E-state index contributed by atoms with van der Waals surface area (Å²) in [4.78, 5) is 10.2. The van der Waals surface area contributed by atoms with Gasteiger partial charge in [0.1, 0.15) is 15.9 Å². The van der Waals surface area contributed by atoms with Crippen molar-refractivity contribution in [3.63, 3.8) is 0 Å². The maximum Gasteiger partial charge on any atom is 0.321 e. The molecule has 0 saturated heterocycles. The molecule has 7 heteroatoms. The minimum atomic E-state index is -2.95. The zero-order valence-electron chi connectivity index (χ0n) is 7.26. The molecule has 0 radical (unpaired) electrons. The van der Waals surface area contributed by atoms with Crippen LogP contribution in [0.4, 0.5) is 0 Å². The number of carbonyl (C=O) groups is 1. The summed E-state index contributed by atoms with van der Waals surface area (Å²) < 4.78 is 21.3. The highest BCUT2D eigenvalue weighted by molar-refractivity contribution is 8.00. The molecule has 0 unspecified atom stereocenters. The summed E-state index contributed by atoms with van der Waals surface area (Å²) in [6.45, 7) is 0.